The highest BCUT2D eigenvalue weighted by Gasteiger charge is 2.18. The number of nitrogens with one attached hydrogen (secondary N) is 1. The van der Waals surface area contributed by atoms with Crippen molar-refractivity contribution in [2.45, 2.75) is 19.5 Å². The molecule has 1 N–H and O–H groups in total. The minimum atomic E-state index is -0.189. The number of amides is 1. The summed E-state index contributed by atoms with van der Waals surface area (Å²) in [7, 11) is 5.19. The number of rotatable bonds is 9. The zero-order chi connectivity index (χ0) is 22.2. The molecule has 3 aromatic rings. The van der Waals surface area contributed by atoms with Crippen molar-refractivity contribution in [3.8, 4) is 11.5 Å². The van der Waals surface area contributed by atoms with Gasteiger partial charge in [0.05, 0.1) is 26.8 Å². The zero-order valence-electron chi connectivity index (χ0n) is 18.6. The first kappa shape index (κ1) is 22.4. The highest BCUT2D eigenvalue weighted by molar-refractivity contribution is 5.79. The van der Waals surface area contributed by atoms with Crippen molar-refractivity contribution in [1.29, 1.82) is 0 Å². The molecule has 0 saturated heterocycles. The number of carbonyl (C=O) groups is 1. The number of ether oxygens (including phenoxy) is 2. The van der Waals surface area contributed by atoms with Gasteiger partial charge in [0.15, 0.2) is 11.5 Å². The van der Waals surface area contributed by atoms with E-state index in [2.05, 4.69) is 5.32 Å². The summed E-state index contributed by atoms with van der Waals surface area (Å²) in [6.07, 6.45) is 0. The number of carbonyl (C=O) groups excluding carboxylic acids is 1. The number of methoxy groups -OCH3 is 2. The van der Waals surface area contributed by atoms with Crippen LogP contribution >= 0.6 is 0 Å². The van der Waals surface area contributed by atoms with Crippen LogP contribution in [0.2, 0.25) is 0 Å². The molecule has 31 heavy (non-hydrogen) atoms. The van der Waals surface area contributed by atoms with Gasteiger partial charge in [-0.25, -0.2) is 0 Å². The van der Waals surface area contributed by atoms with E-state index in [1.807, 2.05) is 91.7 Å². The van der Waals surface area contributed by atoms with Crippen molar-refractivity contribution < 1.29 is 14.3 Å². The van der Waals surface area contributed by atoms with E-state index in [0.29, 0.717) is 18.0 Å². The van der Waals surface area contributed by atoms with Gasteiger partial charge in [0.25, 0.3) is 0 Å². The molecule has 1 amide bonds. The molecule has 3 rings (SSSR count). The maximum atomic E-state index is 12.9. The van der Waals surface area contributed by atoms with Gasteiger partial charge in [0.2, 0.25) is 5.91 Å². The molecule has 0 atom stereocenters. The molecule has 0 saturated carbocycles. The summed E-state index contributed by atoms with van der Waals surface area (Å²) in [5.41, 5.74) is 4.30. The Kier molecular flexibility index (Phi) is 7.68. The second-order valence-corrected chi connectivity index (χ2v) is 7.63. The van der Waals surface area contributed by atoms with Crippen LogP contribution in [0.25, 0.3) is 0 Å². The maximum Gasteiger partial charge on any atom is 0.234 e. The lowest BCUT2D eigenvalue weighted by Gasteiger charge is -2.23. The number of likely N-dealkylation sites (N-methyl/N-ethyl adjacent to an activating group) is 1. The smallest absolute Gasteiger partial charge is 0.234 e. The third kappa shape index (κ3) is 5.86. The molecular weight excluding hydrogens is 388 g/mol. The lowest BCUT2D eigenvalue weighted by atomic mass is 9.99. The summed E-state index contributed by atoms with van der Waals surface area (Å²) in [6, 6.07) is 23.8. The molecule has 162 valence electrons. The van der Waals surface area contributed by atoms with Gasteiger partial charge in [0, 0.05) is 6.54 Å². The lowest BCUT2D eigenvalue weighted by molar-refractivity contribution is -0.122. The molecular formula is C26H30N2O3. The van der Waals surface area contributed by atoms with E-state index in [0.717, 1.165) is 22.3 Å². The van der Waals surface area contributed by atoms with E-state index in [1.165, 1.54) is 0 Å². The van der Waals surface area contributed by atoms with Crippen molar-refractivity contribution in [1.82, 2.24) is 10.2 Å². The molecule has 0 fully saturated rings. The fourth-order valence-corrected chi connectivity index (χ4v) is 3.64. The topological polar surface area (TPSA) is 50.8 Å². The van der Waals surface area contributed by atoms with Gasteiger partial charge in [-0.1, -0.05) is 60.7 Å². The average Bonchev–Trinajstić information content (AvgIpc) is 2.79. The summed E-state index contributed by atoms with van der Waals surface area (Å²) in [6.45, 7) is 2.94. The van der Waals surface area contributed by atoms with Crippen molar-refractivity contribution in [2.75, 3.05) is 27.8 Å². The van der Waals surface area contributed by atoms with Crippen LogP contribution in [0, 0.1) is 6.92 Å². The first-order valence-electron chi connectivity index (χ1n) is 10.3. The molecule has 0 bridgehead atoms. The Morgan fingerprint density at radius 1 is 0.903 bits per heavy atom. The van der Waals surface area contributed by atoms with Crippen LogP contribution in [0.3, 0.4) is 0 Å². The number of nitrogens with zero attached hydrogens (tertiary/aromatic N) is 1. The normalized spacial score (nSPS) is 10.9. The summed E-state index contributed by atoms with van der Waals surface area (Å²) < 4.78 is 10.8. The fraction of sp³-hybridized carbons (Fsp3) is 0.269. The monoisotopic (exact) mass is 418 g/mol. The van der Waals surface area contributed by atoms with Crippen LogP contribution in [-0.2, 0) is 11.3 Å². The molecule has 0 aliphatic carbocycles. The molecule has 0 heterocycles. The molecule has 5 nitrogen and oxygen atoms in total. The first-order chi connectivity index (χ1) is 15.0. The number of hydrogen-bond acceptors (Lipinski definition) is 4. The molecule has 0 aliphatic rings. The predicted molar refractivity (Wildman–Crippen MR) is 123 cm³/mol. The molecule has 5 heteroatoms. The summed E-state index contributed by atoms with van der Waals surface area (Å²) >= 11 is 0. The van der Waals surface area contributed by atoms with Crippen molar-refractivity contribution in [2.24, 2.45) is 0 Å². The molecule has 0 radical (unpaired) electrons. The second-order valence-electron chi connectivity index (χ2n) is 7.63. The van der Waals surface area contributed by atoms with Crippen molar-refractivity contribution in [3.63, 3.8) is 0 Å². The quantitative estimate of drug-likeness (QED) is 0.561. The van der Waals surface area contributed by atoms with Gasteiger partial charge in [0.1, 0.15) is 0 Å². The van der Waals surface area contributed by atoms with Crippen LogP contribution in [0.5, 0.6) is 11.5 Å². The van der Waals surface area contributed by atoms with E-state index in [4.69, 9.17) is 9.47 Å². The number of benzene rings is 3. The Morgan fingerprint density at radius 2 is 1.42 bits per heavy atom. The fourth-order valence-electron chi connectivity index (χ4n) is 3.64. The van der Waals surface area contributed by atoms with Crippen LogP contribution in [0.1, 0.15) is 28.3 Å². The second kappa shape index (κ2) is 10.6. The van der Waals surface area contributed by atoms with E-state index in [1.54, 1.807) is 14.2 Å². The third-order valence-electron chi connectivity index (χ3n) is 5.27. The summed E-state index contributed by atoms with van der Waals surface area (Å²) in [4.78, 5) is 14.9. The van der Waals surface area contributed by atoms with Crippen LogP contribution in [0.4, 0.5) is 0 Å². The largest absolute Gasteiger partial charge is 0.493 e. The Balaban J connectivity index is 1.70. The first-order valence-corrected chi connectivity index (χ1v) is 10.3. The molecule has 0 spiro atoms. The van der Waals surface area contributed by atoms with Gasteiger partial charge in [-0.2, -0.15) is 0 Å². The summed E-state index contributed by atoms with van der Waals surface area (Å²) in [5.74, 6) is 1.37. The van der Waals surface area contributed by atoms with Gasteiger partial charge in [-0.3, -0.25) is 9.69 Å². The Bertz CT molecular complexity index is 951. The highest BCUT2D eigenvalue weighted by Crippen LogP contribution is 2.30. The SMILES string of the molecule is COc1cc(C)c(CN(C)CC(=O)NC(c2ccccc2)c2ccccc2)cc1OC. The van der Waals surface area contributed by atoms with E-state index < -0.39 is 0 Å². The minimum absolute atomic E-state index is 0.0293. The lowest BCUT2D eigenvalue weighted by Crippen LogP contribution is -2.37. The van der Waals surface area contributed by atoms with Crippen LogP contribution in [0.15, 0.2) is 72.8 Å². The number of hydrogen-bond donors (Lipinski definition) is 1. The van der Waals surface area contributed by atoms with Crippen LogP contribution < -0.4 is 14.8 Å². The maximum absolute atomic E-state index is 12.9. The average molecular weight is 419 g/mol. The Hall–Kier alpha value is -3.31. The van der Waals surface area contributed by atoms with Crippen molar-refractivity contribution >= 4 is 5.91 Å². The van der Waals surface area contributed by atoms with Gasteiger partial charge >= 0.3 is 0 Å². The molecule has 0 aliphatic heterocycles. The van der Waals surface area contributed by atoms with Gasteiger partial charge in [-0.15, -0.1) is 0 Å². The van der Waals surface area contributed by atoms with Crippen molar-refractivity contribution in [3.05, 3.63) is 95.1 Å². The Morgan fingerprint density at radius 3 is 1.94 bits per heavy atom. The van der Waals surface area contributed by atoms with E-state index in [-0.39, 0.29) is 18.5 Å². The predicted octanol–water partition coefficient (Wildman–Crippen LogP) is 4.35. The standard InChI is InChI=1S/C26H30N2O3/c1-19-15-23(30-3)24(31-4)16-22(19)17-28(2)18-25(29)27-26(20-11-7-5-8-12-20)21-13-9-6-10-14-21/h5-16,26H,17-18H2,1-4H3,(H,27,29). The number of aryl methyl sites for hydroxylation is 1. The Labute approximate surface area is 184 Å². The minimum Gasteiger partial charge on any atom is -0.493 e. The molecule has 0 unspecified atom stereocenters. The summed E-state index contributed by atoms with van der Waals surface area (Å²) in [5, 5.41) is 3.20. The van der Waals surface area contributed by atoms with Gasteiger partial charge in [-0.05, 0) is 48.4 Å². The third-order valence-corrected chi connectivity index (χ3v) is 5.27. The van der Waals surface area contributed by atoms with E-state index >= 15 is 0 Å². The zero-order valence-corrected chi connectivity index (χ0v) is 18.6. The highest BCUT2D eigenvalue weighted by atomic mass is 16.5. The van der Waals surface area contributed by atoms with Gasteiger partial charge < -0.3 is 14.8 Å². The molecule has 3 aromatic carbocycles. The molecule has 0 aromatic heterocycles. The van der Waals surface area contributed by atoms with E-state index in [9.17, 15) is 4.79 Å². The van der Waals surface area contributed by atoms with Crippen LogP contribution in [-0.4, -0.2) is 38.6 Å².